The average molecular weight is 469 g/mol. The zero-order valence-corrected chi connectivity index (χ0v) is 17.2. The molecule has 3 aromatic rings. The summed E-state index contributed by atoms with van der Waals surface area (Å²) in [4.78, 5) is 28.5. The summed E-state index contributed by atoms with van der Waals surface area (Å²) < 4.78 is 6.66. The first-order valence-corrected chi connectivity index (χ1v) is 10.1. The van der Waals surface area contributed by atoms with Crippen molar-refractivity contribution in [3.63, 3.8) is 0 Å². The zero-order chi connectivity index (χ0) is 20.4. The van der Waals surface area contributed by atoms with Crippen LogP contribution in [0, 0.1) is 0 Å². The normalized spacial score (nSPS) is 16.4. The highest BCUT2D eigenvalue weighted by atomic mass is 79.9. The van der Waals surface area contributed by atoms with Crippen LogP contribution in [0.2, 0.25) is 0 Å². The van der Waals surface area contributed by atoms with Crippen molar-refractivity contribution in [1.82, 2.24) is 5.32 Å². The number of hydrogen-bond acceptors (Lipinski definition) is 5. The molecule has 1 amide bonds. The van der Waals surface area contributed by atoms with Gasteiger partial charge < -0.3 is 14.8 Å². The Labute approximate surface area is 178 Å². The van der Waals surface area contributed by atoms with Crippen LogP contribution >= 0.6 is 27.7 Å². The molecule has 1 aliphatic rings. The van der Waals surface area contributed by atoms with Gasteiger partial charge in [0.15, 0.2) is 5.17 Å². The van der Waals surface area contributed by atoms with Crippen LogP contribution in [0.3, 0.4) is 0 Å². The van der Waals surface area contributed by atoms with Crippen LogP contribution in [0.5, 0.6) is 0 Å². The number of halogens is 1. The molecule has 1 aliphatic heterocycles. The van der Waals surface area contributed by atoms with Crippen molar-refractivity contribution in [2.45, 2.75) is 0 Å². The number of carboxylic acids is 1. The summed E-state index contributed by atoms with van der Waals surface area (Å²) in [6, 6.07) is 17.4. The first-order chi connectivity index (χ1) is 14.0. The van der Waals surface area contributed by atoms with Gasteiger partial charge in [0.05, 0.1) is 16.2 Å². The molecule has 144 valence electrons. The molecular weight excluding hydrogens is 456 g/mol. The summed E-state index contributed by atoms with van der Waals surface area (Å²) in [7, 11) is 0. The van der Waals surface area contributed by atoms with E-state index in [1.54, 1.807) is 36.4 Å². The van der Waals surface area contributed by atoms with Gasteiger partial charge in [-0.3, -0.25) is 4.79 Å². The Morgan fingerprint density at radius 2 is 1.97 bits per heavy atom. The molecule has 0 aliphatic carbocycles. The van der Waals surface area contributed by atoms with Crippen molar-refractivity contribution in [3.8, 4) is 11.3 Å². The van der Waals surface area contributed by atoms with Gasteiger partial charge in [0.1, 0.15) is 11.5 Å². The summed E-state index contributed by atoms with van der Waals surface area (Å²) in [6.07, 6.45) is 1.61. The van der Waals surface area contributed by atoms with Gasteiger partial charge in [-0.15, -0.1) is 0 Å². The van der Waals surface area contributed by atoms with E-state index in [0.717, 1.165) is 4.47 Å². The number of carbonyl (C=O) groups is 2. The van der Waals surface area contributed by atoms with Crippen LogP contribution in [0.15, 0.2) is 79.5 Å². The van der Waals surface area contributed by atoms with E-state index in [1.807, 2.05) is 24.3 Å². The van der Waals surface area contributed by atoms with E-state index in [9.17, 15) is 14.7 Å². The van der Waals surface area contributed by atoms with E-state index in [1.165, 1.54) is 17.8 Å². The van der Waals surface area contributed by atoms with Crippen molar-refractivity contribution in [3.05, 3.63) is 81.4 Å². The molecule has 1 aromatic heterocycles. The number of furan rings is 1. The number of benzene rings is 2. The second-order valence-corrected chi connectivity index (χ2v) is 7.96. The molecule has 6 nitrogen and oxygen atoms in total. The van der Waals surface area contributed by atoms with Crippen LogP contribution in [-0.4, -0.2) is 22.2 Å². The standard InChI is InChI=1S/C21H13BrN2O4S/c22-12-4-3-5-13(10-12)23-21-24-19(25)18(29-21)11-14-8-9-17(28-14)15-6-1-2-7-16(15)20(26)27/h1-11H,(H,26,27)(H,23,24,25)/b18-11-. The quantitative estimate of drug-likeness (QED) is 0.506. The molecule has 2 heterocycles. The van der Waals surface area contributed by atoms with Crippen molar-refractivity contribution in [2.24, 2.45) is 4.99 Å². The van der Waals surface area contributed by atoms with Gasteiger partial charge in [0.2, 0.25) is 0 Å². The lowest BCUT2D eigenvalue weighted by Gasteiger charge is -2.02. The highest BCUT2D eigenvalue weighted by Gasteiger charge is 2.24. The number of carboxylic acid groups (broad SMARTS) is 1. The molecule has 0 atom stereocenters. The van der Waals surface area contributed by atoms with Crippen molar-refractivity contribution < 1.29 is 19.1 Å². The van der Waals surface area contributed by atoms with Crippen molar-refractivity contribution >= 4 is 56.5 Å². The number of nitrogens with zero attached hydrogens (tertiary/aromatic N) is 1. The maximum Gasteiger partial charge on any atom is 0.336 e. The third-order valence-corrected chi connectivity index (χ3v) is 5.42. The Bertz CT molecular complexity index is 1180. The Balaban J connectivity index is 1.58. The third kappa shape index (κ3) is 4.33. The van der Waals surface area contributed by atoms with E-state index in [-0.39, 0.29) is 11.5 Å². The Hall–Kier alpha value is -3.10. The minimum absolute atomic E-state index is 0.150. The van der Waals surface area contributed by atoms with Gasteiger partial charge in [0.25, 0.3) is 5.91 Å². The summed E-state index contributed by atoms with van der Waals surface area (Å²) >= 11 is 4.60. The smallest absolute Gasteiger partial charge is 0.336 e. The highest BCUT2D eigenvalue weighted by Crippen LogP contribution is 2.31. The minimum atomic E-state index is -1.03. The van der Waals surface area contributed by atoms with Crippen LogP contribution in [0.25, 0.3) is 17.4 Å². The molecule has 0 radical (unpaired) electrons. The molecule has 1 fully saturated rings. The van der Waals surface area contributed by atoms with Crippen LogP contribution in [-0.2, 0) is 4.79 Å². The number of hydrogen-bond donors (Lipinski definition) is 2. The van der Waals surface area contributed by atoms with Gasteiger partial charge in [-0.2, -0.15) is 0 Å². The zero-order valence-electron chi connectivity index (χ0n) is 14.8. The first-order valence-electron chi connectivity index (χ1n) is 8.47. The number of thioether (sulfide) groups is 1. The monoisotopic (exact) mass is 468 g/mol. The Kier molecular flexibility index (Phi) is 5.37. The maximum atomic E-state index is 12.3. The Morgan fingerprint density at radius 1 is 1.14 bits per heavy atom. The summed E-state index contributed by atoms with van der Waals surface area (Å²) in [5.74, 6) is -0.438. The molecule has 0 saturated carbocycles. The number of carbonyl (C=O) groups excluding carboxylic acids is 1. The highest BCUT2D eigenvalue weighted by molar-refractivity contribution is 9.10. The predicted octanol–water partition coefficient (Wildman–Crippen LogP) is 5.30. The topological polar surface area (TPSA) is 91.9 Å². The number of amides is 1. The van der Waals surface area contributed by atoms with Gasteiger partial charge in [-0.1, -0.05) is 40.2 Å². The minimum Gasteiger partial charge on any atom is -0.478 e. The third-order valence-electron chi connectivity index (χ3n) is 4.01. The predicted molar refractivity (Wildman–Crippen MR) is 116 cm³/mol. The summed E-state index contributed by atoms with van der Waals surface area (Å²) in [6.45, 7) is 0. The molecule has 0 bridgehead atoms. The number of aliphatic imine (C=N–C) groups is 1. The van der Waals surface area contributed by atoms with E-state index >= 15 is 0 Å². The van der Waals surface area contributed by atoms with E-state index in [0.29, 0.717) is 32.8 Å². The molecule has 2 N–H and O–H groups in total. The van der Waals surface area contributed by atoms with Crippen LogP contribution < -0.4 is 5.32 Å². The molecular formula is C21H13BrN2O4S. The Morgan fingerprint density at radius 3 is 2.76 bits per heavy atom. The van der Waals surface area contributed by atoms with E-state index < -0.39 is 5.97 Å². The van der Waals surface area contributed by atoms with Crippen molar-refractivity contribution in [1.29, 1.82) is 0 Å². The lowest BCUT2D eigenvalue weighted by Crippen LogP contribution is -2.19. The first kappa shape index (κ1) is 19.2. The van der Waals surface area contributed by atoms with Gasteiger partial charge >= 0.3 is 5.97 Å². The fraction of sp³-hybridized carbons (Fsp3) is 0. The summed E-state index contributed by atoms with van der Waals surface area (Å²) in [5.41, 5.74) is 1.34. The maximum absolute atomic E-state index is 12.3. The second kappa shape index (κ2) is 8.10. The van der Waals surface area contributed by atoms with Crippen molar-refractivity contribution in [2.75, 3.05) is 0 Å². The molecule has 0 spiro atoms. The lowest BCUT2D eigenvalue weighted by molar-refractivity contribution is -0.115. The lowest BCUT2D eigenvalue weighted by atomic mass is 10.1. The van der Waals surface area contributed by atoms with Gasteiger partial charge in [0, 0.05) is 16.1 Å². The fourth-order valence-corrected chi connectivity index (χ4v) is 3.94. The number of rotatable bonds is 4. The number of amidine groups is 1. The van der Waals surface area contributed by atoms with Crippen LogP contribution in [0.1, 0.15) is 16.1 Å². The van der Waals surface area contributed by atoms with Gasteiger partial charge in [-0.25, -0.2) is 9.79 Å². The van der Waals surface area contributed by atoms with E-state index in [2.05, 4.69) is 26.2 Å². The molecule has 29 heavy (non-hydrogen) atoms. The molecule has 0 unspecified atom stereocenters. The fourth-order valence-electron chi connectivity index (χ4n) is 2.73. The molecule has 8 heteroatoms. The second-order valence-electron chi connectivity index (χ2n) is 6.01. The largest absolute Gasteiger partial charge is 0.478 e. The average Bonchev–Trinajstić information content (AvgIpc) is 3.29. The molecule has 4 rings (SSSR count). The molecule has 1 saturated heterocycles. The van der Waals surface area contributed by atoms with Gasteiger partial charge in [-0.05, 0) is 48.2 Å². The molecule has 2 aromatic carbocycles. The van der Waals surface area contributed by atoms with Crippen LogP contribution in [0.4, 0.5) is 5.69 Å². The number of nitrogens with one attached hydrogen (secondary N) is 1. The summed E-state index contributed by atoms with van der Waals surface area (Å²) in [5, 5.41) is 12.5. The number of aromatic carboxylic acids is 1. The SMILES string of the molecule is O=C1N/C(=N\c2cccc(Br)c2)S/C1=C\c1ccc(-c2ccccc2C(=O)O)o1. The van der Waals surface area contributed by atoms with E-state index in [4.69, 9.17) is 4.42 Å².